The number of phenols is 1. The minimum Gasteiger partial charge on any atom is -0.507 e. The number of hydrogen-bond donors (Lipinski definition) is 7. The Morgan fingerprint density at radius 1 is 1.04 bits per heavy atom. The standard InChI is InChI=1S/C18H17N5O3/c19-17(20)8-1-3-10-12(7-15(25)26)16(23-13(10)5-8)11-4-2-9(18(21)22)6-14(11)24/h1-6,23-24H,7H2,(H3,19,20)(H3,21,22)(H,25,26). The maximum atomic E-state index is 11.3. The molecule has 0 saturated heterocycles. The first-order valence-electron chi connectivity index (χ1n) is 7.66. The van der Waals surface area contributed by atoms with Gasteiger partial charge in [0.2, 0.25) is 0 Å². The molecule has 132 valence electrons. The molecule has 0 unspecified atom stereocenters. The van der Waals surface area contributed by atoms with Crippen LogP contribution in [0.1, 0.15) is 16.7 Å². The number of nitrogens with two attached hydrogens (primary N) is 2. The van der Waals surface area contributed by atoms with Gasteiger partial charge in [0.15, 0.2) is 0 Å². The molecule has 0 aliphatic heterocycles. The summed E-state index contributed by atoms with van der Waals surface area (Å²) >= 11 is 0. The van der Waals surface area contributed by atoms with Crippen molar-refractivity contribution in [1.29, 1.82) is 10.8 Å². The molecule has 0 fully saturated rings. The van der Waals surface area contributed by atoms with E-state index in [0.29, 0.717) is 38.9 Å². The zero-order chi connectivity index (χ0) is 19.0. The molecule has 0 saturated carbocycles. The maximum absolute atomic E-state index is 11.3. The van der Waals surface area contributed by atoms with E-state index in [1.165, 1.54) is 6.07 Å². The van der Waals surface area contributed by atoms with Gasteiger partial charge in [-0.1, -0.05) is 18.2 Å². The number of hydrogen-bond acceptors (Lipinski definition) is 4. The van der Waals surface area contributed by atoms with Gasteiger partial charge < -0.3 is 26.7 Å². The first kappa shape index (κ1) is 17.0. The van der Waals surface area contributed by atoms with Crippen molar-refractivity contribution in [1.82, 2.24) is 4.98 Å². The van der Waals surface area contributed by atoms with E-state index in [1.807, 2.05) is 0 Å². The number of fused-ring (bicyclic) bond motifs is 1. The van der Waals surface area contributed by atoms with Crippen molar-refractivity contribution in [2.45, 2.75) is 6.42 Å². The average molecular weight is 351 g/mol. The molecule has 9 N–H and O–H groups in total. The Bertz CT molecular complexity index is 1070. The van der Waals surface area contributed by atoms with Gasteiger partial charge in [0, 0.05) is 27.6 Å². The van der Waals surface area contributed by atoms with Crippen LogP contribution in [0.3, 0.4) is 0 Å². The fourth-order valence-electron chi connectivity index (χ4n) is 2.90. The van der Waals surface area contributed by atoms with E-state index in [0.717, 1.165) is 0 Å². The number of phenolic OH excluding ortho intramolecular Hbond substituents is 1. The Labute approximate surface area is 148 Å². The third-order valence-corrected chi connectivity index (χ3v) is 4.12. The minimum absolute atomic E-state index is 0.100. The topological polar surface area (TPSA) is 173 Å². The third kappa shape index (κ3) is 2.95. The maximum Gasteiger partial charge on any atom is 0.307 e. The Kier molecular flexibility index (Phi) is 4.09. The number of carbonyl (C=O) groups is 1. The first-order valence-corrected chi connectivity index (χ1v) is 7.66. The van der Waals surface area contributed by atoms with Crippen LogP contribution in [0, 0.1) is 10.8 Å². The Hall–Kier alpha value is -3.81. The summed E-state index contributed by atoms with van der Waals surface area (Å²) in [4.78, 5) is 14.4. The lowest BCUT2D eigenvalue weighted by Gasteiger charge is -2.07. The molecular weight excluding hydrogens is 334 g/mol. The summed E-state index contributed by atoms with van der Waals surface area (Å²) in [6.45, 7) is 0. The summed E-state index contributed by atoms with van der Waals surface area (Å²) in [5, 5.41) is 35.3. The average Bonchev–Trinajstić information content (AvgIpc) is 2.91. The predicted molar refractivity (Wildman–Crippen MR) is 98.8 cm³/mol. The van der Waals surface area contributed by atoms with Crippen molar-refractivity contribution >= 4 is 28.5 Å². The summed E-state index contributed by atoms with van der Waals surface area (Å²) in [7, 11) is 0. The molecule has 1 aromatic heterocycles. The van der Waals surface area contributed by atoms with E-state index < -0.39 is 5.97 Å². The molecule has 0 radical (unpaired) electrons. The second-order valence-corrected chi connectivity index (χ2v) is 5.87. The Balaban J connectivity index is 2.25. The van der Waals surface area contributed by atoms with Gasteiger partial charge in [0.1, 0.15) is 17.4 Å². The predicted octanol–water partition coefficient (Wildman–Crippen LogP) is 1.74. The molecule has 0 atom stereocenters. The Morgan fingerprint density at radius 3 is 2.23 bits per heavy atom. The highest BCUT2D eigenvalue weighted by Gasteiger charge is 2.19. The van der Waals surface area contributed by atoms with Crippen molar-refractivity contribution in [3.63, 3.8) is 0 Å². The summed E-state index contributed by atoms with van der Waals surface area (Å²) in [5.41, 5.74) is 13.8. The van der Waals surface area contributed by atoms with Crippen molar-refractivity contribution in [2.24, 2.45) is 11.5 Å². The monoisotopic (exact) mass is 351 g/mol. The molecule has 1 heterocycles. The van der Waals surface area contributed by atoms with Gasteiger partial charge in [-0.15, -0.1) is 0 Å². The first-order chi connectivity index (χ1) is 12.3. The second kappa shape index (κ2) is 6.25. The van der Waals surface area contributed by atoms with Crippen molar-refractivity contribution in [2.75, 3.05) is 0 Å². The fourth-order valence-corrected chi connectivity index (χ4v) is 2.90. The number of amidine groups is 2. The van der Waals surface area contributed by atoms with Gasteiger partial charge in [-0.2, -0.15) is 0 Å². The van der Waals surface area contributed by atoms with Crippen LogP contribution in [0.2, 0.25) is 0 Å². The number of carboxylic acids is 1. The number of aromatic nitrogens is 1. The van der Waals surface area contributed by atoms with Crippen LogP contribution in [0.5, 0.6) is 5.75 Å². The summed E-state index contributed by atoms with van der Waals surface area (Å²) in [5.74, 6) is -1.41. The van der Waals surface area contributed by atoms with Gasteiger partial charge in [-0.05, 0) is 23.8 Å². The Morgan fingerprint density at radius 2 is 1.65 bits per heavy atom. The number of aromatic hydroxyl groups is 1. The van der Waals surface area contributed by atoms with Crippen LogP contribution >= 0.6 is 0 Å². The number of nitrogen functional groups attached to an aromatic ring is 2. The molecule has 0 aliphatic rings. The number of H-pyrrole nitrogens is 1. The molecule has 8 heteroatoms. The van der Waals surface area contributed by atoms with Gasteiger partial charge >= 0.3 is 5.97 Å². The summed E-state index contributed by atoms with van der Waals surface area (Å²) in [6, 6.07) is 9.52. The van der Waals surface area contributed by atoms with E-state index in [1.54, 1.807) is 30.3 Å². The molecule has 8 nitrogen and oxygen atoms in total. The van der Waals surface area contributed by atoms with Crippen LogP contribution in [0.4, 0.5) is 0 Å². The molecule has 3 aromatic rings. The molecule has 3 rings (SSSR count). The van der Waals surface area contributed by atoms with E-state index in [9.17, 15) is 15.0 Å². The second-order valence-electron chi connectivity index (χ2n) is 5.87. The number of rotatable bonds is 5. The molecule has 0 amide bonds. The molecule has 2 aromatic carbocycles. The van der Waals surface area contributed by atoms with Crippen LogP contribution in [0.15, 0.2) is 36.4 Å². The molecule has 26 heavy (non-hydrogen) atoms. The number of benzene rings is 2. The van der Waals surface area contributed by atoms with Crippen LogP contribution in [-0.2, 0) is 11.2 Å². The highest BCUT2D eigenvalue weighted by molar-refractivity contribution is 6.02. The van der Waals surface area contributed by atoms with Crippen molar-refractivity contribution in [3.05, 3.63) is 53.1 Å². The summed E-state index contributed by atoms with van der Waals surface area (Å²) in [6.07, 6.45) is -0.247. The van der Waals surface area contributed by atoms with Crippen molar-refractivity contribution in [3.8, 4) is 17.0 Å². The lowest BCUT2D eigenvalue weighted by atomic mass is 10.00. The van der Waals surface area contributed by atoms with Gasteiger partial charge in [-0.3, -0.25) is 15.6 Å². The highest BCUT2D eigenvalue weighted by atomic mass is 16.4. The van der Waals surface area contributed by atoms with Crippen LogP contribution < -0.4 is 11.5 Å². The van der Waals surface area contributed by atoms with E-state index in [2.05, 4.69) is 4.98 Å². The quantitative estimate of drug-likeness (QED) is 0.273. The SMILES string of the molecule is N=C(N)c1ccc(-c2[nH]c3cc(C(=N)N)ccc3c2CC(=O)O)c(O)c1. The van der Waals surface area contributed by atoms with Gasteiger partial charge in [-0.25, -0.2) is 0 Å². The van der Waals surface area contributed by atoms with Crippen molar-refractivity contribution < 1.29 is 15.0 Å². The van der Waals surface area contributed by atoms with Gasteiger partial charge in [0.25, 0.3) is 0 Å². The highest BCUT2D eigenvalue weighted by Crippen LogP contribution is 2.36. The molecule has 0 aliphatic carbocycles. The minimum atomic E-state index is -1.01. The zero-order valence-electron chi connectivity index (χ0n) is 13.6. The lowest BCUT2D eigenvalue weighted by Crippen LogP contribution is -2.10. The van der Waals surface area contributed by atoms with Crippen LogP contribution in [-0.4, -0.2) is 32.8 Å². The molecule has 0 bridgehead atoms. The number of aliphatic carboxylic acids is 1. The lowest BCUT2D eigenvalue weighted by molar-refractivity contribution is -0.136. The van der Waals surface area contributed by atoms with E-state index >= 15 is 0 Å². The smallest absolute Gasteiger partial charge is 0.307 e. The van der Waals surface area contributed by atoms with E-state index in [-0.39, 0.29) is 23.8 Å². The number of aromatic amines is 1. The normalized spacial score (nSPS) is 10.8. The van der Waals surface area contributed by atoms with Gasteiger partial charge in [0.05, 0.1) is 12.1 Å². The number of nitrogens with one attached hydrogen (secondary N) is 3. The zero-order valence-corrected chi connectivity index (χ0v) is 13.6. The number of carboxylic acid groups (broad SMARTS) is 1. The van der Waals surface area contributed by atoms with E-state index in [4.69, 9.17) is 22.3 Å². The third-order valence-electron chi connectivity index (χ3n) is 4.12. The fraction of sp³-hybridized carbons (Fsp3) is 0.0556. The van der Waals surface area contributed by atoms with Crippen LogP contribution in [0.25, 0.3) is 22.2 Å². The molecular formula is C18H17N5O3. The summed E-state index contributed by atoms with van der Waals surface area (Å²) < 4.78 is 0. The molecule has 0 spiro atoms. The largest absolute Gasteiger partial charge is 0.507 e.